The van der Waals surface area contributed by atoms with Crippen LogP contribution in [0.25, 0.3) is 0 Å². The molecule has 0 spiro atoms. The molecule has 0 aromatic heterocycles. The van der Waals surface area contributed by atoms with Gasteiger partial charge in [0.05, 0.1) is 0 Å². The molecule has 1 aromatic rings. The summed E-state index contributed by atoms with van der Waals surface area (Å²) in [5, 5.41) is 0. The quantitative estimate of drug-likeness (QED) is 0.862. The first-order chi connectivity index (χ1) is 10.1. The van der Waals surface area contributed by atoms with E-state index in [9.17, 15) is 4.79 Å². The molecule has 4 nitrogen and oxygen atoms in total. The van der Waals surface area contributed by atoms with Crippen molar-refractivity contribution in [2.45, 2.75) is 25.3 Å². The Bertz CT molecular complexity index is 537. The highest BCUT2D eigenvalue weighted by molar-refractivity contribution is 7.80. The lowest BCUT2D eigenvalue weighted by molar-refractivity contribution is 0.0780. The monoisotopic (exact) mass is 303 g/mol. The van der Waals surface area contributed by atoms with Gasteiger partial charge in [0.2, 0.25) is 0 Å². The number of hydrogen-bond donors (Lipinski definition) is 1. The van der Waals surface area contributed by atoms with Crippen molar-refractivity contribution < 1.29 is 4.79 Å². The van der Waals surface area contributed by atoms with Crippen molar-refractivity contribution in [3.05, 3.63) is 35.4 Å². The van der Waals surface area contributed by atoms with Crippen LogP contribution in [0.15, 0.2) is 24.3 Å². The molecular weight excluding hydrogens is 282 g/mol. The number of nitrogens with zero attached hydrogens (tertiary/aromatic N) is 2. The Morgan fingerprint density at radius 3 is 2.33 bits per heavy atom. The van der Waals surface area contributed by atoms with Crippen LogP contribution in [0.2, 0.25) is 0 Å². The Kier molecular flexibility index (Phi) is 4.22. The maximum Gasteiger partial charge on any atom is 0.253 e. The summed E-state index contributed by atoms with van der Waals surface area (Å²) in [4.78, 5) is 17.4. The minimum atomic E-state index is 0.117. The second-order valence-electron chi connectivity index (χ2n) is 5.88. The van der Waals surface area contributed by atoms with Crippen LogP contribution in [-0.4, -0.2) is 52.9 Å². The molecule has 5 heteroatoms. The largest absolute Gasteiger partial charge is 0.389 e. The molecule has 1 aromatic carbocycles. The Morgan fingerprint density at radius 1 is 1.10 bits per heavy atom. The highest BCUT2D eigenvalue weighted by Crippen LogP contribution is 2.22. The lowest BCUT2D eigenvalue weighted by Crippen LogP contribution is -2.37. The highest BCUT2D eigenvalue weighted by atomic mass is 32.1. The van der Waals surface area contributed by atoms with Crippen LogP contribution in [0.5, 0.6) is 0 Å². The van der Waals surface area contributed by atoms with Gasteiger partial charge in [-0.15, -0.1) is 0 Å². The number of benzene rings is 1. The zero-order valence-electron chi connectivity index (χ0n) is 12.1. The number of likely N-dealkylation sites (tertiary alicyclic amines) is 2. The van der Waals surface area contributed by atoms with Crippen molar-refractivity contribution in [3.8, 4) is 0 Å². The summed E-state index contributed by atoms with van der Waals surface area (Å²) in [6.07, 6.45) is 3.69. The van der Waals surface area contributed by atoms with Crippen LogP contribution in [0.1, 0.15) is 35.2 Å². The summed E-state index contributed by atoms with van der Waals surface area (Å²) < 4.78 is 0. The maximum absolute atomic E-state index is 12.5. The SMILES string of the molecule is NC(=S)c1ccc(C(=O)N2CCC(N3CCCC3)C2)cc1. The Hall–Kier alpha value is -1.46. The molecule has 0 saturated carbocycles. The molecule has 2 saturated heterocycles. The Balaban J connectivity index is 1.64. The minimum Gasteiger partial charge on any atom is -0.389 e. The smallest absolute Gasteiger partial charge is 0.253 e. The number of carbonyl (C=O) groups is 1. The summed E-state index contributed by atoms with van der Waals surface area (Å²) in [6.45, 7) is 4.09. The fraction of sp³-hybridized carbons (Fsp3) is 0.500. The van der Waals surface area contributed by atoms with E-state index in [-0.39, 0.29) is 5.91 Å². The molecule has 0 bridgehead atoms. The van der Waals surface area contributed by atoms with E-state index >= 15 is 0 Å². The summed E-state index contributed by atoms with van der Waals surface area (Å²) in [5.41, 5.74) is 7.10. The standard InChI is InChI=1S/C16H21N3OS/c17-15(21)12-3-5-13(6-4-12)16(20)19-10-7-14(11-19)18-8-1-2-9-18/h3-6,14H,1-2,7-11H2,(H2,17,21). The van der Waals surface area contributed by atoms with Gasteiger partial charge in [-0.1, -0.05) is 24.4 Å². The summed E-state index contributed by atoms with van der Waals surface area (Å²) in [7, 11) is 0. The molecule has 2 N–H and O–H groups in total. The first-order valence-corrected chi connectivity index (χ1v) is 7.99. The average Bonchev–Trinajstić information content (AvgIpc) is 3.17. The molecule has 2 heterocycles. The molecule has 0 aliphatic carbocycles. The van der Waals surface area contributed by atoms with Crippen LogP contribution in [0, 0.1) is 0 Å². The van der Waals surface area contributed by atoms with Crippen LogP contribution >= 0.6 is 12.2 Å². The van der Waals surface area contributed by atoms with E-state index in [2.05, 4.69) is 4.90 Å². The van der Waals surface area contributed by atoms with Gasteiger partial charge < -0.3 is 10.6 Å². The van der Waals surface area contributed by atoms with Gasteiger partial charge in [-0.05, 0) is 44.5 Å². The molecule has 2 fully saturated rings. The third kappa shape index (κ3) is 3.09. The predicted molar refractivity (Wildman–Crippen MR) is 87.4 cm³/mol. The van der Waals surface area contributed by atoms with E-state index in [4.69, 9.17) is 18.0 Å². The van der Waals surface area contributed by atoms with Crippen LogP contribution in [-0.2, 0) is 0 Å². The Labute approximate surface area is 130 Å². The third-order valence-corrected chi connectivity index (χ3v) is 4.76. The van der Waals surface area contributed by atoms with E-state index in [0.717, 1.165) is 30.6 Å². The lowest BCUT2D eigenvalue weighted by Gasteiger charge is -2.23. The second-order valence-corrected chi connectivity index (χ2v) is 6.32. The number of thiocarbonyl (C=S) groups is 1. The number of hydrogen-bond acceptors (Lipinski definition) is 3. The Morgan fingerprint density at radius 2 is 1.71 bits per heavy atom. The van der Waals surface area contributed by atoms with E-state index in [1.54, 1.807) is 0 Å². The molecule has 1 amide bonds. The first kappa shape index (κ1) is 14.5. The molecule has 2 aliphatic rings. The molecule has 1 atom stereocenters. The summed E-state index contributed by atoms with van der Waals surface area (Å²) in [6, 6.07) is 7.83. The van der Waals surface area contributed by atoms with Gasteiger partial charge in [-0.25, -0.2) is 0 Å². The molecule has 2 aliphatic heterocycles. The average molecular weight is 303 g/mol. The predicted octanol–water partition coefficient (Wildman–Crippen LogP) is 1.63. The van der Waals surface area contributed by atoms with Crippen molar-refractivity contribution in [3.63, 3.8) is 0 Å². The van der Waals surface area contributed by atoms with Gasteiger partial charge in [-0.3, -0.25) is 9.69 Å². The number of nitrogens with two attached hydrogens (primary N) is 1. The topological polar surface area (TPSA) is 49.6 Å². The van der Waals surface area contributed by atoms with Gasteiger partial charge in [0, 0.05) is 30.3 Å². The molecule has 21 heavy (non-hydrogen) atoms. The van der Waals surface area contributed by atoms with Gasteiger partial charge in [-0.2, -0.15) is 0 Å². The maximum atomic E-state index is 12.5. The van der Waals surface area contributed by atoms with E-state index in [1.165, 1.54) is 25.9 Å². The van der Waals surface area contributed by atoms with Gasteiger partial charge >= 0.3 is 0 Å². The second kappa shape index (κ2) is 6.12. The lowest BCUT2D eigenvalue weighted by atomic mass is 10.1. The fourth-order valence-electron chi connectivity index (χ4n) is 3.29. The minimum absolute atomic E-state index is 0.117. The van der Waals surface area contributed by atoms with Crippen LogP contribution in [0.3, 0.4) is 0 Å². The summed E-state index contributed by atoms with van der Waals surface area (Å²) >= 11 is 4.93. The van der Waals surface area contributed by atoms with Crippen LogP contribution < -0.4 is 5.73 Å². The van der Waals surface area contributed by atoms with Crippen LogP contribution in [0.4, 0.5) is 0 Å². The van der Waals surface area contributed by atoms with Crippen molar-refractivity contribution in [1.29, 1.82) is 0 Å². The number of amides is 1. The zero-order chi connectivity index (χ0) is 14.8. The van der Waals surface area contributed by atoms with Crippen molar-refractivity contribution in [2.75, 3.05) is 26.2 Å². The molecular formula is C16H21N3OS. The van der Waals surface area contributed by atoms with Crippen molar-refractivity contribution in [1.82, 2.24) is 9.80 Å². The normalized spacial score (nSPS) is 22.7. The third-order valence-electron chi connectivity index (χ3n) is 4.52. The molecule has 0 radical (unpaired) electrons. The highest BCUT2D eigenvalue weighted by Gasteiger charge is 2.31. The molecule has 1 unspecified atom stereocenters. The van der Waals surface area contributed by atoms with Gasteiger partial charge in [0.1, 0.15) is 4.99 Å². The molecule has 3 rings (SSSR count). The number of rotatable bonds is 3. The van der Waals surface area contributed by atoms with E-state index in [0.29, 0.717) is 11.0 Å². The van der Waals surface area contributed by atoms with Crippen molar-refractivity contribution in [2.24, 2.45) is 5.73 Å². The van der Waals surface area contributed by atoms with Gasteiger partial charge in [0.15, 0.2) is 0 Å². The summed E-state index contributed by atoms with van der Waals surface area (Å²) in [5.74, 6) is 0.117. The van der Waals surface area contributed by atoms with E-state index in [1.807, 2.05) is 29.2 Å². The van der Waals surface area contributed by atoms with Gasteiger partial charge in [0.25, 0.3) is 5.91 Å². The number of carbonyl (C=O) groups excluding carboxylic acids is 1. The van der Waals surface area contributed by atoms with Crippen molar-refractivity contribution >= 4 is 23.1 Å². The first-order valence-electron chi connectivity index (χ1n) is 7.58. The van der Waals surface area contributed by atoms with E-state index < -0.39 is 0 Å². The fourth-order valence-corrected chi connectivity index (χ4v) is 3.43. The molecule has 112 valence electrons. The zero-order valence-corrected chi connectivity index (χ0v) is 12.9.